The lowest BCUT2D eigenvalue weighted by molar-refractivity contribution is 0.0697. The number of Topliss-reactive ketones (excluding diaryl/α,β-unsaturated/α-hetero) is 1. The Morgan fingerprint density at radius 3 is 2.67 bits per heavy atom. The first-order valence-corrected chi connectivity index (χ1v) is 5.06. The Morgan fingerprint density at radius 1 is 1.58 bits per heavy atom. The van der Waals surface area contributed by atoms with E-state index in [4.69, 9.17) is 5.11 Å². The molecule has 0 atom stereocenters. The van der Waals surface area contributed by atoms with Crippen molar-refractivity contribution in [3.8, 4) is 0 Å². The Morgan fingerprint density at radius 2 is 2.25 bits per heavy atom. The summed E-state index contributed by atoms with van der Waals surface area (Å²) in [6, 6.07) is 1.39. The molecular weight excluding hydrogens is 244 g/mol. The summed E-state index contributed by atoms with van der Waals surface area (Å²) in [5.41, 5.74) is 0.171. The zero-order chi connectivity index (χ0) is 9.14. The van der Waals surface area contributed by atoms with Crippen LogP contribution < -0.4 is 0 Å². The fourth-order valence-corrected chi connectivity index (χ4v) is 1.97. The molecule has 1 aromatic rings. The van der Waals surface area contributed by atoms with Crippen LogP contribution in [0.25, 0.3) is 0 Å². The number of rotatable bonds is 3. The number of carboxylic acids is 1. The van der Waals surface area contributed by atoms with Crippen LogP contribution in [0.4, 0.5) is 0 Å². The van der Waals surface area contributed by atoms with Crippen molar-refractivity contribution in [3.05, 3.63) is 21.9 Å². The Labute approximate surface area is 81.2 Å². The van der Waals surface area contributed by atoms with Crippen molar-refractivity contribution in [1.82, 2.24) is 0 Å². The Hall–Kier alpha value is -0.680. The third-order valence-electron chi connectivity index (χ3n) is 1.24. The summed E-state index contributed by atoms with van der Waals surface area (Å²) in [5, 5.41) is 10.2. The number of hydrogen-bond donors (Lipinski definition) is 1. The topological polar surface area (TPSA) is 54.4 Å². The molecular formula is C7H5BrO3S. The van der Waals surface area contributed by atoms with Gasteiger partial charge in [-0.2, -0.15) is 0 Å². The summed E-state index contributed by atoms with van der Waals surface area (Å²) in [6.45, 7) is 0. The van der Waals surface area contributed by atoms with Crippen molar-refractivity contribution in [2.45, 2.75) is 0 Å². The maximum absolute atomic E-state index is 11.0. The Kier molecular flexibility index (Phi) is 2.99. The maximum atomic E-state index is 11.0. The molecule has 1 aromatic heterocycles. The third kappa shape index (κ3) is 1.92. The normalized spacial score (nSPS) is 9.75. The molecule has 3 nitrogen and oxygen atoms in total. The van der Waals surface area contributed by atoms with E-state index in [1.54, 1.807) is 0 Å². The molecule has 0 bridgehead atoms. The fraction of sp³-hybridized carbons (Fsp3) is 0.143. The van der Waals surface area contributed by atoms with Gasteiger partial charge in [0.25, 0.3) is 0 Å². The predicted octanol–water partition coefficient (Wildman–Crippen LogP) is 2.02. The number of carbonyl (C=O) groups excluding carboxylic acids is 1. The largest absolute Gasteiger partial charge is 0.478 e. The van der Waals surface area contributed by atoms with Crippen LogP contribution in [0.3, 0.4) is 0 Å². The number of alkyl halides is 1. The molecule has 0 saturated heterocycles. The lowest BCUT2D eigenvalue weighted by Crippen LogP contribution is -1.97. The summed E-state index contributed by atoms with van der Waals surface area (Å²) >= 11 is 4.16. The quantitative estimate of drug-likeness (QED) is 0.658. The van der Waals surface area contributed by atoms with Gasteiger partial charge < -0.3 is 5.11 Å². The second-order valence-electron chi connectivity index (χ2n) is 2.06. The molecule has 1 heterocycles. The van der Waals surface area contributed by atoms with Crippen LogP contribution in [0.2, 0.25) is 0 Å². The van der Waals surface area contributed by atoms with Crippen LogP contribution in [0.5, 0.6) is 0 Å². The first kappa shape index (κ1) is 9.41. The van der Waals surface area contributed by atoms with Crippen molar-refractivity contribution in [1.29, 1.82) is 0 Å². The van der Waals surface area contributed by atoms with Gasteiger partial charge in [0, 0.05) is 5.38 Å². The maximum Gasteiger partial charge on any atom is 0.336 e. The minimum Gasteiger partial charge on any atom is -0.478 e. The van der Waals surface area contributed by atoms with Crippen LogP contribution in [-0.4, -0.2) is 22.2 Å². The molecule has 0 aliphatic rings. The van der Waals surface area contributed by atoms with Gasteiger partial charge in [0.05, 0.1) is 15.8 Å². The van der Waals surface area contributed by atoms with Gasteiger partial charge >= 0.3 is 5.97 Å². The van der Waals surface area contributed by atoms with E-state index in [-0.39, 0.29) is 16.7 Å². The minimum absolute atomic E-state index is 0.0903. The number of ketones is 1. The van der Waals surface area contributed by atoms with E-state index < -0.39 is 5.97 Å². The molecule has 0 aromatic carbocycles. The van der Waals surface area contributed by atoms with Crippen molar-refractivity contribution < 1.29 is 14.7 Å². The highest BCUT2D eigenvalue weighted by Gasteiger charge is 2.10. The van der Waals surface area contributed by atoms with Gasteiger partial charge in [-0.15, -0.1) is 11.3 Å². The number of aromatic carboxylic acids is 1. The average molecular weight is 249 g/mol. The average Bonchev–Trinajstić information content (AvgIpc) is 2.51. The van der Waals surface area contributed by atoms with Crippen LogP contribution in [0, 0.1) is 0 Å². The van der Waals surface area contributed by atoms with Crippen molar-refractivity contribution >= 4 is 39.0 Å². The Bertz CT molecular complexity index is 318. The molecule has 0 amide bonds. The molecule has 1 rings (SSSR count). The highest BCUT2D eigenvalue weighted by Crippen LogP contribution is 2.15. The van der Waals surface area contributed by atoms with E-state index in [9.17, 15) is 9.59 Å². The SMILES string of the molecule is O=C(O)c1csc(C(=O)CBr)c1. The molecule has 5 heteroatoms. The second-order valence-corrected chi connectivity index (χ2v) is 3.53. The summed E-state index contributed by atoms with van der Waals surface area (Å²) in [6.07, 6.45) is 0. The fourth-order valence-electron chi connectivity index (χ4n) is 0.660. The molecule has 0 spiro atoms. The predicted molar refractivity (Wildman–Crippen MR) is 49.4 cm³/mol. The number of carboxylic acid groups (broad SMARTS) is 1. The van der Waals surface area contributed by atoms with Gasteiger partial charge in [0.2, 0.25) is 0 Å². The molecule has 1 N–H and O–H groups in total. The lowest BCUT2D eigenvalue weighted by atomic mass is 10.3. The van der Waals surface area contributed by atoms with Crippen LogP contribution >= 0.6 is 27.3 Å². The molecule has 64 valence electrons. The number of halogens is 1. The standard InChI is InChI=1S/C7H5BrO3S/c8-2-5(9)6-1-4(3-12-6)7(10)11/h1,3H,2H2,(H,10,11). The minimum atomic E-state index is -1.00. The van der Waals surface area contributed by atoms with E-state index in [0.717, 1.165) is 11.3 Å². The van der Waals surface area contributed by atoms with Crippen molar-refractivity contribution in [2.24, 2.45) is 0 Å². The molecule has 0 saturated carbocycles. The van der Waals surface area contributed by atoms with Gasteiger partial charge in [-0.05, 0) is 6.07 Å². The molecule has 0 aliphatic carbocycles. The number of hydrogen-bond acceptors (Lipinski definition) is 3. The summed E-state index contributed by atoms with van der Waals surface area (Å²) in [5.74, 6) is -1.09. The molecule has 0 aliphatic heterocycles. The van der Waals surface area contributed by atoms with Crippen LogP contribution in [-0.2, 0) is 0 Å². The van der Waals surface area contributed by atoms with E-state index >= 15 is 0 Å². The molecule has 0 unspecified atom stereocenters. The second kappa shape index (κ2) is 3.82. The number of carbonyl (C=O) groups is 2. The van der Waals surface area contributed by atoms with Crippen molar-refractivity contribution in [3.63, 3.8) is 0 Å². The molecule has 0 radical (unpaired) electrons. The lowest BCUT2D eigenvalue weighted by Gasteiger charge is -1.86. The van der Waals surface area contributed by atoms with Crippen LogP contribution in [0.15, 0.2) is 11.4 Å². The van der Waals surface area contributed by atoms with E-state index in [1.807, 2.05) is 0 Å². The zero-order valence-corrected chi connectivity index (χ0v) is 8.31. The van der Waals surface area contributed by atoms with Gasteiger partial charge in [-0.1, -0.05) is 15.9 Å². The first-order valence-electron chi connectivity index (χ1n) is 3.06. The summed E-state index contributed by atoms with van der Waals surface area (Å²) in [4.78, 5) is 21.9. The first-order chi connectivity index (χ1) is 5.65. The van der Waals surface area contributed by atoms with Gasteiger partial charge in [0.1, 0.15) is 0 Å². The third-order valence-corrected chi connectivity index (χ3v) is 2.72. The highest BCUT2D eigenvalue weighted by atomic mass is 79.9. The summed E-state index contributed by atoms with van der Waals surface area (Å²) < 4.78 is 0. The zero-order valence-electron chi connectivity index (χ0n) is 5.91. The Balaban J connectivity index is 2.91. The van der Waals surface area contributed by atoms with E-state index in [0.29, 0.717) is 4.88 Å². The molecule has 12 heavy (non-hydrogen) atoms. The smallest absolute Gasteiger partial charge is 0.336 e. The van der Waals surface area contributed by atoms with E-state index in [2.05, 4.69) is 15.9 Å². The monoisotopic (exact) mass is 248 g/mol. The summed E-state index contributed by atoms with van der Waals surface area (Å²) in [7, 11) is 0. The van der Waals surface area contributed by atoms with Gasteiger partial charge in [0.15, 0.2) is 5.78 Å². The van der Waals surface area contributed by atoms with Crippen LogP contribution in [0.1, 0.15) is 20.0 Å². The van der Waals surface area contributed by atoms with E-state index in [1.165, 1.54) is 11.4 Å². The highest BCUT2D eigenvalue weighted by molar-refractivity contribution is 9.09. The number of thiophene rings is 1. The van der Waals surface area contributed by atoms with Crippen molar-refractivity contribution in [2.75, 3.05) is 5.33 Å². The van der Waals surface area contributed by atoms with Gasteiger partial charge in [-0.3, -0.25) is 4.79 Å². The molecule has 0 fully saturated rings. The van der Waals surface area contributed by atoms with Gasteiger partial charge in [-0.25, -0.2) is 4.79 Å².